The molecule has 3 N–H and O–H groups in total. The first-order chi connectivity index (χ1) is 9.29. The molecule has 0 radical (unpaired) electrons. The topological polar surface area (TPSA) is 57.2 Å². The molecule has 19 heavy (non-hydrogen) atoms. The van der Waals surface area contributed by atoms with Gasteiger partial charge in [0.1, 0.15) is 5.82 Å². The first-order valence-corrected chi connectivity index (χ1v) is 7.44. The monoisotopic (exact) mass is 263 g/mol. The van der Waals surface area contributed by atoms with Gasteiger partial charge in [-0.2, -0.15) is 0 Å². The van der Waals surface area contributed by atoms with Crippen LogP contribution in [0.1, 0.15) is 45.4 Å². The van der Waals surface area contributed by atoms with Gasteiger partial charge in [-0.3, -0.25) is 0 Å². The van der Waals surface area contributed by atoms with E-state index in [1.165, 1.54) is 12.8 Å². The van der Waals surface area contributed by atoms with Gasteiger partial charge >= 0.3 is 0 Å². The van der Waals surface area contributed by atoms with Crippen molar-refractivity contribution in [3.8, 4) is 0 Å². The average molecular weight is 263 g/mol. The van der Waals surface area contributed by atoms with E-state index in [1.807, 2.05) is 18.3 Å². The molecule has 1 fully saturated rings. The van der Waals surface area contributed by atoms with Crippen molar-refractivity contribution >= 4 is 11.5 Å². The number of hydrogen-bond acceptors (Lipinski definition) is 4. The fraction of sp³-hybridized carbons (Fsp3) is 0.667. The van der Waals surface area contributed by atoms with Crippen molar-refractivity contribution in [1.29, 1.82) is 0 Å². The van der Waals surface area contributed by atoms with Crippen molar-refractivity contribution in [3.05, 3.63) is 18.3 Å². The Labute approximate surface area is 115 Å². The number of nitrogens with one attached hydrogen (secondary N) is 2. The van der Waals surface area contributed by atoms with E-state index in [0.29, 0.717) is 0 Å². The number of anilines is 2. The molecular formula is C15H25N3O. The number of aromatic nitrogens is 1. The van der Waals surface area contributed by atoms with Crippen molar-refractivity contribution in [2.45, 2.75) is 57.6 Å². The molecule has 1 aliphatic carbocycles. The summed E-state index contributed by atoms with van der Waals surface area (Å²) in [6.07, 6.45) is 8.17. The largest absolute Gasteiger partial charge is 0.391 e. The molecule has 4 heteroatoms. The summed E-state index contributed by atoms with van der Waals surface area (Å²) in [5, 5.41) is 16.9. The summed E-state index contributed by atoms with van der Waals surface area (Å²) in [6.45, 7) is 3.07. The lowest BCUT2D eigenvalue weighted by Gasteiger charge is -2.23. The van der Waals surface area contributed by atoms with E-state index in [2.05, 4.69) is 22.5 Å². The van der Waals surface area contributed by atoms with Crippen LogP contribution in [0.2, 0.25) is 0 Å². The van der Waals surface area contributed by atoms with Crippen LogP contribution in [0.4, 0.5) is 11.5 Å². The van der Waals surface area contributed by atoms with Crippen LogP contribution in [0.15, 0.2) is 18.3 Å². The molecule has 0 amide bonds. The molecule has 0 aromatic carbocycles. The Morgan fingerprint density at radius 1 is 1.32 bits per heavy atom. The minimum absolute atomic E-state index is 0.170. The fourth-order valence-electron chi connectivity index (χ4n) is 2.54. The Balaban J connectivity index is 1.97. The SMILES string of the molecule is CCCNc1cc(NC2CCCCCC2O)ccn1. The van der Waals surface area contributed by atoms with E-state index in [0.717, 1.165) is 43.7 Å². The van der Waals surface area contributed by atoms with E-state index in [1.54, 1.807) is 0 Å². The zero-order valence-corrected chi connectivity index (χ0v) is 11.7. The van der Waals surface area contributed by atoms with E-state index >= 15 is 0 Å². The maximum atomic E-state index is 10.1. The predicted octanol–water partition coefficient (Wildman–Crippen LogP) is 3.01. The van der Waals surface area contributed by atoms with Crippen molar-refractivity contribution in [2.75, 3.05) is 17.2 Å². The third-order valence-electron chi connectivity index (χ3n) is 3.65. The highest BCUT2D eigenvalue weighted by atomic mass is 16.3. The lowest BCUT2D eigenvalue weighted by atomic mass is 10.1. The number of rotatable bonds is 5. The Morgan fingerprint density at radius 3 is 3.00 bits per heavy atom. The van der Waals surface area contributed by atoms with Gasteiger partial charge in [0.2, 0.25) is 0 Å². The quantitative estimate of drug-likeness (QED) is 0.715. The second kappa shape index (κ2) is 7.34. The number of pyridine rings is 1. The van der Waals surface area contributed by atoms with Crippen LogP contribution in [0.25, 0.3) is 0 Å². The molecule has 1 aromatic rings. The van der Waals surface area contributed by atoms with Crippen LogP contribution < -0.4 is 10.6 Å². The number of hydrogen-bond donors (Lipinski definition) is 3. The Hall–Kier alpha value is -1.29. The van der Waals surface area contributed by atoms with E-state index in [9.17, 15) is 5.11 Å². The van der Waals surface area contributed by atoms with Crippen LogP contribution in [-0.2, 0) is 0 Å². The van der Waals surface area contributed by atoms with Crippen molar-refractivity contribution in [1.82, 2.24) is 4.98 Å². The Kier molecular flexibility index (Phi) is 5.45. The molecule has 106 valence electrons. The van der Waals surface area contributed by atoms with E-state index < -0.39 is 0 Å². The standard InChI is InChI=1S/C15H25N3O/c1-2-9-16-15-11-12(8-10-17-15)18-13-6-4-3-5-7-14(13)19/h8,10-11,13-14,19H,2-7,9H2,1H3,(H2,16,17,18). The molecule has 2 atom stereocenters. The summed E-state index contributed by atoms with van der Waals surface area (Å²) in [4.78, 5) is 4.29. The van der Waals surface area contributed by atoms with Crippen LogP contribution in [0.5, 0.6) is 0 Å². The second-order valence-electron chi connectivity index (χ2n) is 5.31. The maximum Gasteiger partial charge on any atom is 0.127 e. The second-order valence-corrected chi connectivity index (χ2v) is 5.31. The van der Waals surface area contributed by atoms with Gasteiger partial charge < -0.3 is 15.7 Å². The molecule has 0 bridgehead atoms. The minimum atomic E-state index is -0.234. The zero-order chi connectivity index (χ0) is 13.5. The van der Waals surface area contributed by atoms with Gasteiger partial charge in [0, 0.05) is 24.5 Å². The summed E-state index contributed by atoms with van der Waals surface area (Å²) in [6, 6.07) is 4.16. The highest BCUT2D eigenvalue weighted by Crippen LogP contribution is 2.22. The third kappa shape index (κ3) is 4.39. The van der Waals surface area contributed by atoms with Gasteiger partial charge in [-0.15, -0.1) is 0 Å². The normalized spacial score (nSPS) is 23.7. The molecule has 1 heterocycles. The van der Waals surface area contributed by atoms with Crippen molar-refractivity contribution in [2.24, 2.45) is 0 Å². The van der Waals surface area contributed by atoms with Gasteiger partial charge in [0.05, 0.1) is 12.1 Å². The van der Waals surface area contributed by atoms with Crippen LogP contribution in [0, 0.1) is 0 Å². The molecule has 0 saturated heterocycles. The lowest BCUT2D eigenvalue weighted by Crippen LogP contribution is -2.32. The Bertz CT molecular complexity index is 383. The first-order valence-electron chi connectivity index (χ1n) is 7.44. The molecule has 1 aromatic heterocycles. The third-order valence-corrected chi connectivity index (χ3v) is 3.65. The average Bonchev–Trinajstić information content (AvgIpc) is 2.62. The maximum absolute atomic E-state index is 10.1. The minimum Gasteiger partial charge on any atom is -0.391 e. The highest BCUT2D eigenvalue weighted by molar-refractivity contribution is 5.52. The molecule has 0 aliphatic heterocycles. The summed E-state index contributed by atoms with van der Waals surface area (Å²) in [7, 11) is 0. The summed E-state index contributed by atoms with van der Waals surface area (Å²) in [5.41, 5.74) is 1.04. The Morgan fingerprint density at radius 2 is 2.16 bits per heavy atom. The molecule has 4 nitrogen and oxygen atoms in total. The highest BCUT2D eigenvalue weighted by Gasteiger charge is 2.21. The van der Waals surface area contributed by atoms with Crippen LogP contribution in [0.3, 0.4) is 0 Å². The summed E-state index contributed by atoms with van der Waals surface area (Å²) >= 11 is 0. The molecule has 1 saturated carbocycles. The number of aliphatic hydroxyl groups excluding tert-OH is 1. The first kappa shape index (κ1) is 14.1. The fourth-order valence-corrected chi connectivity index (χ4v) is 2.54. The number of nitrogens with zero attached hydrogens (tertiary/aromatic N) is 1. The zero-order valence-electron chi connectivity index (χ0n) is 11.7. The molecule has 0 spiro atoms. The number of aliphatic hydroxyl groups is 1. The summed E-state index contributed by atoms with van der Waals surface area (Å²) < 4.78 is 0. The smallest absolute Gasteiger partial charge is 0.127 e. The molecule has 1 aliphatic rings. The van der Waals surface area contributed by atoms with Gasteiger partial charge in [0.15, 0.2) is 0 Å². The van der Waals surface area contributed by atoms with Gasteiger partial charge in [-0.1, -0.05) is 26.2 Å². The van der Waals surface area contributed by atoms with Crippen LogP contribution >= 0.6 is 0 Å². The van der Waals surface area contributed by atoms with Crippen molar-refractivity contribution < 1.29 is 5.11 Å². The van der Waals surface area contributed by atoms with Crippen LogP contribution in [-0.4, -0.2) is 28.8 Å². The van der Waals surface area contributed by atoms with Gasteiger partial charge in [0.25, 0.3) is 0 Å². The predicted molar refractivity (Wildman–Crippen MR) is 79.5 cm³/mol. The molecule has 2 rings (SSSR count). The molecular weight excluding hydrogens is 238 g/mol. The van der Waals surface area contributed by atoms with E-state index in [-0.39, 0.29) is 12.1 Å². The summed E-state index contributed by atoms with van der Waals surface area (Å²) in [5.74, 6) is 0.898. The van der Waals surface area contributed by atoms with Gasteiger partial charge in [-0.05, 0) is 25.3 Å². The van der Waals surface area contributed by atoms with Crippen molar-refractivity contribution in [3.63, 3.8) is 0 Å². The lowest BCUT2D eigenvalue weighted by molar-refractivity contribution is 0.144. The van der Waals surface area contributed by atoms with Gasteiger partial charge in [-0.25, -0.2) is 4.98 Å². The van der Waals surface area contributed by atoms with E-state index in [4.69, 9.17) is 0 Å². The molecule has 2 unspecified atom stereocenters.